The molecule has 6 heteroatoms. The average Bonchev–Trinajstić information content (AvgIpc) is 2.89. The summed E-state index contributed by atoms with van der Waals surface area (Å²) in [5.74, 6) is 0. The van der Waals surface area contributed by atoms with Crippen LogP contribution in [0.15, 0.2) is 51.1 Å². The van der Waals surface area contributed by atoms with Crippen molar-refractivity contribution >= 4 is 44.4 Å². The van der Waals surface area contributed by atoms with Gasteiger partial charge in [0.2, 0.25) is 0 Å². The summed E-state index contributed by atoms with van der Waals surface area (Å²) in [6.07, 6.45) is 11.6. The fourth-order valence-corrected chi connectivity index (χ4v) is 5.66. The molecule has 33 heavy (non-hydrogen) atoms. The van der Waals surface area contributed by atoms with Gasteiger partial charge in [-0.15, -0.1) is 5.11 Å². The third-order valence-electron chi connectivity index (χ3n) is 7.26. The van der Waals surface area contributed by atoms with Gasteiger partial charge in [-0.25, -0.2) is 0 Å². The van der Waals surface area contributed by atoms with Gasteiger partial charge in [0, 0.05) is 49.4 Å². The van der Waals surface area contributed by atoms with Crippen LogP contribution in [0.25, 0.3) is 0 Å². The normalized spacial score (nSPS) is 20.0. The number of azo groups is 1. The molecule has 2 aromatic rings. The van der Waals surface area contributed by atoms with E-state index in [1.54, 1.807) is 0 Å². The van der Waals surface area contributed by atoms with Crippen LogP contribution >= 0.6 is 15.9 Å². The van der Waals surface area contributed by atoms with Crippen LogP contribution in [0.1, 0.15) is 57.8 Å². The Morgan fingerprint density at radius 3 is 1.48 bits per heavy atom. The molecule has 0 unspecified atom stereocenters. The van der Waals surface area contributed by atoms with Gasteiger partial charge in [0.25, 0.3) is 0 Å². The van der Waals surface area contributed by atoms with E-state index in [1.807, 2.05) is 24.3 Å². The van der Waals surface area contributed by atoms with Gasteiger partial charge in [-0.2, -0.15) is 5.11 Å². The zero-order valence-electron chi connectivity index (χ0n) is 19.7. The molecule has 0 radical (unpaired) electrons. The van der Waals surface area contributed by atoms with Crippen LogP contribution in [-0.4, -0.2) is 39.3 Å². The van der Waals surface area contributed by atoms with Gasteiger partial charge in [-0.3, -0.25) is 0 Å². The fourth-order valence-electron chi connectivity index (χ4n) is 5.39. The maximum atomic E-state index is 4.95. The first-order valence-corrected chi connectivity index (χ1v) is 13.7. The Morgan fingerprint density at radius 2 is 1.00 bits per heavy atom. The fraction of sp³-hybridized carbons (Fsp3) is 0.556. The highest BCUT2D eigenvalue weighted by atomic mass is 79.9. The predicted molar refractivity (Wildman–Crippen MR) is 143 cm³/mol. The van der Waals surface area contributed by atoms with Crippen LogP contribution < -0.4 is 14.7 Å². The first-order chi connectivity index (χ1) is 16.3. The molecule has 0 aliphatic carbocycles. The lowest BCUT2D eigenvalue weighted by Crippen LogP contribution is -2.33. The van der Waals surface area contributed by atoms with E-state index >= 15 is 0 Å². The topological polar surface area (TPSA) is 34.4 Å². The third-order valence-corrected chi connectivity index (χ3v) is 7.79. The van der Waals surface area contributed by atoms with Gasteiger partial charge in [-0.05, 0) is 94.2 Å². The molecule has 0 bridgehead atoms. The lowest BCUT2D eigenvalue weighted by molar-refractivity contribution is 0.569. The Morgan fingerprint density at radius 1 is 0.545 bits per heavy atom. The van der Waals surface area contributed by atoms with E-state index in [4.69, 9.17) is 10.2 Å². The maximum Gasteiger partial charge on any atom is 0.132 e. The second kappa shape index (κ2) is 10.9. The predicted octanol–water partition coefficient (Wildman–Crippen LogP) is 7.84. The first kappa shape index (κ1) is 22.7. The van der Waals surface area contributed by atoms with Crippen molar-refractivity contribution in [3.8, 4) is 0 Å². The van der Waals surface area contributed by atoms with Crippen LogP contribution in [0.5, 0.6) is 0 Å². The van der Waals surface area contributed by atoms with Crippen molar-refractivity contribution in [2.45, 2.75) is 57.8 Å². The zero-order chi connectivity index (χ0) is 22.5. The lowest BCUT2D eigenvalue weighted by atomic mass is 10.0. The van der Waals surface area contributed by atoms with Crippen molar-refractivity contribution < 1.29 is 0 Å². The Bertz CT molecular complexity index is 900. The summed E-state index contributed by atoms with van der Waals surface area (Å²) in [7, 11) is 0. The monoisotopic (exact) mass is 509 g/mol. The van der Waals surface area contributed by atoms with E-state index in [9.17, 15) is 0 Å². The number of halogens is 1. The summed E-state index contributed by atoms with van der Waals surface area (Å²) in [6.45, 7) is 6.79. The summed E-state index contributed by atoms with van der Waals surface area (Å²) in [5.41, 5.74) is 5.88. The zero-order valence-corrected chi connectivity index (χ0v) is 21.3. The largest absolute Gasteiger partial charge is 0.371 e. The third kappa shape index (κ3) is 5.53. The molecule has 2 aromatic carbocycles. The molecular weight excluding hydrogens is 474 g/mol. The lowest BCUT2D eigenvalue weighted by Gasteiger charge is -2.36. The highest BCUT2D eigenvalue weighted by molar-refractivity contribution is 9.10. The van der Waals surface area contributed by atoms with E-state index in [2.05, 4.69) is 42.8 Å². The second-order valence-corrected chi connectivity index (χ2v) is 10.6. The minimum Gasteiger partial charge on any atom is -0.371 e. The van der Waals surface area contributed by atoms with Crippen molar-refractivity contribution in [3.63, 3.8) is 0 Å². The minimum absolute atomic E-state index is 0.896. The van der Waals surface area contributed by atoms with Gasteiger partial charge in [0.15, 0.2) is 0 Å². The van der Waals surface area contributed by atoms with Crippen LogP contribution in [0, 0.1) is 0 Å². The molecule has 0 aromatic heterocycles. The van der Waals surface area contributed by atoms with Crippen molar-refractivity contribution in [3.05, 3.63) is 40.9 Å². The molecule has 0 spiro atoms. The number of benzene rings is 2. The number of hydrogen-bond acceptors (Lipinski definition) is 5. The molecule has 0 N–H and O–H groups in total. The van der Waals surface area contributed by atoms with Crippen LogP contribution in [0.2, 0.25) is 0 Å². The number of rotatable bonds is 5. The van der Waals surface area contributed by atoms with Crippen LogP contribution in [-0.2, 0) is 0 Å². The smallest absolute Gasteiger partial charge is 0.132 e. The van der Waals surface area contributed by atoms with Crippen molar-refractivity contribution in [2.24, 2.45) is 10.2 Å². The number of nitrogens with zero attached hydrogens (tertiary/aromatic N) is 5. The molecule has 5 nitrogen and oxygen atoms in total. The summed E-state index contributed by atoms with van der Waals surface area (Å²) in [4.78, 5) is 7.74. The SMILES string of the molecule is Brc1ccc(N=Nc2c(N3CCCCC3)cc(N3CCCCC3)cc2N2CCCCC2)cc1. The highest BCUT2D eigenvalue weighted by Gasteiger charge is 2.24. The van der Waals surface area contributed by atoms with Crippen molar-refractivity contribution in [1.82, 2.24) is 0 Å². The molecule has 0 amide bonds. The maximum absolute atomic E-state index is 4.95. The quantitative estimate of drug-likeness (QED) is 0.385. The molecule has 3 heterocycles. The molecule has 3 saturated heterocycles. The molecule has 3 aliphatic heterocycles. The average molecular weight is 511 g/mol. The van der Waals surface area contributed by atoms with E-state index < -0.39 is 0 Å². The van der Waals surface area contributed by atoms with E-state index in [0.29, 0.717) is 0 Å². The number of piperidine rings is 3. The van der Waals surface area contributed by atoms with Gasteiger partial charge >= 0.3 is 0 Å². The molecule has 3 fully saturated rings. The Balaban J connectivity index is 1.59. The van der Waals surface area contributed by atoms with Crippen molar-refractivity contribution in [1.29, 1.82) is 0 Å². The van der Waals surface area contributed by atoms with Gasteiger partial charge in [0.05, 0.1) is 17.1 Å². The van der Waals surface area contributed by atoms with Crippen LogP contribution in [0.4, 0.5) is 28.4 Å². The van der Waals surface area contributed by atoms with Crippen LogP contribution in [0.3, 0.4) is 0 Å². The van der Waals surface area contributed by atoms with Gasteiger partial charge < -0.3 is 14.7 Å². The van der Waals surface area contributed by atoms with E-state index in [0.717, 1.165) is 42.0 Å². The second-order valence-electron chi connectivity index (χ2n) is 9.65. The number of anilines is 3. The summed E-state index contributed by atoms with van der Waals surface area (Å²) in [5, 5.41) is 9.66. The standard InChI is InChI=1S/C27H36BrN5/c28-22-10-12-23(13-11-22)29-30-27-25(32-16-6-2-7-17-32)20-24(31-14-4-1-5-15-31)21-26(27)33-18-8-3-9-19-33/h10-13,20-21H,1-9,14-19H2. The Kier molecular flexibility index (Phi) is 7.50. The molecule has 0 saturated carbocycles. The minimum atomic E-state index is 0.896. The molecule has 0 atom stereocenters. The molecule has 176 valence electrons. The van der Waals surface area contributed by atoms with E-state index in [-0.39, 0.29) is 0 Å². The number of hydrogen-bond donors (Lipinski definition) is 0. The highest BCUT2D eigenvalue weighted by Crippen LogP contribution is 2.45. The van der Waals surface area contributed by atoms with Crippen molar-refractivity contribution in [2.75, 3.05) is 54.0 Å². The molecule has 5 rings (SSSR count). The van der Waals surface area contributed by atoms with Gasteiger partial charge in [0.1, 0.15) is 5.69 Å². The molecular formula is C27H36BrN5. The first-order valence-electron chi connectivity index (χ1n) is 12.9. The molecule has 3 aliphatic rings. The van der Waals surface area contributed by atoms with Gasteiger partial charge in [-0.1, -0.05) is 15.9 Å². The Hall–Kier alpha value is -2.08. The summed E-state index contributed by atoms with van der Waals surface area (Å²) in [6, 6.07) is 12.9. The summed E-state index contributed by atoms with van der Waals surface area (Å²) >= 11 is 3.52. The summed E-state index contributed by atoms with van der Waals surface area (Å²) < 4.78 is 1.07. The Labute approximate surface area is 207 Å². The van der Waals surface area contributed by atoms with E-state index in [1.165, 1.54) is 87.9 Å².